The van der Waals surface area contributed by atoms with E-state index in [1.807, 2.05) is 0 Å². The molecule has 1 atom stereocenters. The molecule has 0 radical (unpaired) electrons. The Bertz CT molecular complexity index is 787. The van der Waals surface area contributed by atoms with Gasteiger partial charge in [0.1, 0.15) is 17.9 Å². The van der Waals surface area contributed by atoms with Gasteiger partial charge in [-0.3, -0.25) is 0 Å². The molecule has 1 aromatic carbocycles. The molecule has 6 nitrogen and oxygen atoms in total. The van der Waals surface area contributed by atoms with E-state index in [2.05, 4.69) is 9.97 Å². The van der Waals surface area contributed by atoms with Crippen LogP contribution >= 0.6 is 23.2 Å². The fraction of sp³-hybridized carbons (Fsp3) is 0.312. The number of ether oxygens (including phenoxy) is 2. The van der Waals surface area contributed by atoms with Crippen LogP contribution in [0.5, 0.6) is 5.75 Å². The quantitative estimate of drug-likeness (QED) is 0.761. The van der Waals surface area contributed by atoms with Crippen LogP contribution in [0.3, 0.4) is 0 Å². The van der Waals surface area contributed by atoms with Crippen LogP contribution in [0.25, 0.3) is 11.3 Å². The van der Waals surface area contributed by atoms with Gasteiger partial charge in [-0.05, 0) is 26.0 Å². The predicted octanol–water partition coefficient (Wildman–Crippen LogP) is 3.58. The lowest BCUT2D eigenvalue weighted by Gasteiger charge is -2.13. The molecule has 0 saturated carbocycles. The van der Waals surface area contributed by atoms with Gasteiger partial charge in [0.15, 0.2) is 6.61 Å². The molecule has 1 aromatic heterocycles. The lowest BCUT2D eigenvalue weighted by atomic mass is 10.1. The van der Waals surface area contributed by atoms with Gasteiger partial charge in [-0.2, -0.15) is 0 Å². The summed E-state index contributed by atoms with van der Waals surface area (Å²) >= 11 is 12.1. The summed E-state index contributed by atoms with van der Waals surface area (Å²) < 4.78 is 24.4. The molecule has 1 heterocycles. The van der Waals surface area contributed by atoms with Crippen LogP contribution in [0.1, 0.15) is 25.6 Å². The zero-order chi connectivity index (χ0) is 18.6. The van der Waals surface area contributed by atoms with E-state index in [1.54, 1.807) is 6.92 Å². The average molecular weight is 389 g/mol. The molecule has 0 aliphatic rings. The fourth-order valence-corrected chi connectivity index (χ4v) is 2.59. The third-order valence-corrected chi connectivity index (χ3v) is 3.81. The van der Waals surface area contributed by atoms with E-state index < -0.39 is 17.9 Å². The van der Waals surface area contributed by atoms with E-state index in [4.69, 9.17) is 32.7 Å². The molecule has 0 saturated heterocycles. The van der Waals surface area contributed by atoms with Gasteiger partial charge in [0, 0.05) is 5.56 Å². The number of aliphatic hydroxyl groups is 1. The number of hydrogen-bond donors (Lipinski definition) is 1. The van der Waals surface area contributed by atoms with Gasteiger partial charge in [-0.15, -0.1) is 0 Å². The van der Waals surface area contributed by atoms with Crippen molar-refractivity contribution in [1.29, 1.82) is 0 Å². The highest BCUT2D eigenvalue weighted by atomic mass is 35.5. The summed E-state index contributed by atoms with van der Waals surface area (Å²) in [5.74, 6) is -1.20. The highest BCUT2D eigenvalue weighted by molar-refractivity contribution is 6.34. The molecule has 0 bridgehead atoms. The summed E-state index contributed by atoms with van der Waals surface area (Å²) in [4.78, 5) is 19.2. The topological polar surface area (TPSA) is 81.5 Å². The second-order valence-corrected chi connectivity index (χ2v) is 5.74. The molecule has 0 spiro atoms. The summed E-state index contributed by atoms with van der Waals surface area (Å²) in [6.07, 6.45) is 0.209. The SMILES string of the molecule is CCOC(=O)COc1cc(-c2ncnc(C(C)O)c2Cl)c(F)cc1Cl. The first-order valence-corrected chi connectivity index (χ1v) is 8.07. The molecular formula is C16H15Cl2FN2O4. The number of nitrogens with zero attached hydrogens (tertiary/aromatic N) is 2. The summed E-state index contributed by atoms with van der Waals surface area (Å²) in [5, 5.41) is 9.66. The molecule has 1 N–H and O–H groups in total. The lowest BCUT2D eigenvalue weighted by molar-refractivity contribution is -0.145. The van der Waals surface area contributed by atoms with Crippen LogP contribution in [0.4, 0.5) is 4.39 Å². The molecule has 2 aromatic rings. The van der Waals surface area contributed by atoms with Crippen LogP contribution in [-0.2, 0) is 9.53 Å². The molecule has 0 aliphatic heterocycles. The van der Waals surface area contributed by atoms with Crippen LogP contribution in [0, 0.1) is 5.82 Å². The monoisotopic (exact) mass is 388 g/mol. The number of aliphatic hydroxyl groups excluding tert-OH is 1. The van der Waals surface area contributed by atoms with Crippen molar-refractivity contribution in [3.63, 3.8) is 0 Å². The van der Waals surface area contributed by atoms with Gasteiger partial charge in [0.2, 0.25) is 0 Å². The largest absolute Gasteiger partial charge is 0.480 e. The van der Waals surface area contributed by atoms with Crippen LogP contribution in [0.15, 0.2) is 18.5 Å². The van der Waals surface area contributed by atoms with Gasteiger partial charge in [-0.25, -0.2) is 19.2 Å². The molecule has 134 valence electrons. The Kier molecular flexibility index (Phi) is 6.52. The first-order chi connectivity index (χ1) is 11.8. The van der Waals surface area contributed by atoms with E-state index in [1.165, 1.54) is 13.0 Å². The van der Waals surface area contributed by atoms with Crippen molar-refractivity contribution >= 4 is 29.2 Å². The second-order valence-electron chi connectivity index (χ2n) is 4.95. The molecule has 0 amide bonds. The zero-order valence-corrected chi connectivity index (χ0v) is 14.9. The van der Waals surface area contributed by atoms with Crippen molar-refractivity contribution in [3.05, 3.63) is 40.0 Å². The molecule has 2 rings (SSSR count). The minimum absolute atomic E-state index is 0.00226. The van der Waals surface area contributed by atoms with Gasteiger partial charge in [-0.1, -0.05) is 23.2 Å². The van der Waals surface area contributed by atoms with Crippen LogP contribution in [-0.4, -0.2) is 34.3 Å². The Labute approximate surface area is 153 Å². The molecule has 25 heavy (non-hydrogen) atoms. The van der Waals surface area contributed by atoms with Gasteiger partial charge in [0.05, 0.1) is 34.1 Å². The predicted molar refractivity (Wildman–Crippen MR) is 90.2 cm³/mol. The maximum absolute atomic E-state index is 14.3. The average Bonchev–Trinajstić information content (AvgIpc) is 2.55. The first kappa shape index (κ1) is 19.4. The summed E-state index contributed by atoms with van der Waals surface area (Å²) in [5.41, 5.74) is 0.232. The van der Waals surface area contributed by atoms with E-state index in [0.29, 0.717) is 0 Å². The number of halogens is 3. The fourth-order valence-electron chi connectivity index (χ4n) is 2.02. The third-order valence-electron chi connectivity index (χ3n) is 3.14. The normalized spacial score (nSPS) is 11.9. The summed E-state index contributed by atoms with van der Waals surface area (Å²) in [7, 11) is 0. The molecular weight excluding hydrogens is 374 g/mol. The number of hydrogen-bond acceptors (Lipinski definition) is 6. The number of carbonyl (C=O) groups excluding carboxylic acids is 1. The minimum atomic E-state index is -0.954. The van der Waals surface area contributed by atoms with Crippen molar-refractivity contribution in [1.82, 2.24) is 9.97 Å². The first-order valence-electron chi connectivity index (χ1n) is 7.31. The second kappa shape index (κ2) is 8.42. The number of rotatable bonds is 6. The Morgan fingerprint density at radius 2 is 2.08 bits per heavy atom. The lowest BCUT2D eigenvalue weighted by Crippen LogP contribution is -2.14. The van der Waals surface area contributed by atoms with Crippen molar-refractivity contribution in [2.24, 2.45) is 0 Å². The Hall–Kier alpha value is -1.96. The van der Waals surface area contributed by atoms with Gasteiger partial charge < -0.3 is 14.6 Å². The highest BCUT2D eigenvalue weighted by Crippen LogP contribution is 2.36. The highest BCUT2D eigenvalue weighted by Gasteiger charge is 2.20. The Morgan fingerprint density at radius 1 is 1.36 bits per heavy atom. The minimum Gasteiger partial charge on any atom is -0.480 e. The number of carbonyl (C=O) groups is 1. The maximum Gasteiger partial charge on any atom is 0.344 e. The maximum atomic E-state index is 14.3. The molecule has 0 fully saturated rings. The van der Waals surface area contributed by atoms with E-state index in [0.717, 1.165) is 12.4 Å². The number of aromatic nitrogens is 2. The van der Waals surface area contributed by atoms with Crippen LogP contribution < -0.4 is 4.74 Å². The summed E-state index contributed by atoms with van der Waals surface area (Å²) in [6.45, 7) is 2.97. The van der Waals surface area contributed by atoms with E-state index in [-0.39, 0.29) is 46.0 Å². The van der Waals surface area contributed by atoms with Gasteiger partial charge >= 0.3 is 5.97 Å². The molecule has 9 heteroatoms. The van der Waals surface area contributed by atoms with Crippen LogP contribution in [0.2, 0.25) is 10.0 Å². The number of benzene rings is 1. The van der Waals surface area contributed by atoms with Crippen molar-refractivity contribution < 1.29 is 23.8 Å². The Balaban J connectivity index is 2.41. The van der Waals surface area contributed by atoms with Crippen molar-refractivity contribution in [3.8, 4) is 17.0 Å². The molecule has 1 unspecified atom stereocenters. The number of esters is 1. The zero-order valence-electron chi connectivity index (χ0n) is 13.4. The smallest absolute Gasteiger partial charge is 0.344 e. The summed E-state index contributed by atoms with van der Waals surface area (Å²) in [6, 6.07) is 2.30. The van der Waals surface area contributed by atoms with Crippen molar-refractivity contribution in [2.45, 2.75) is 20.0 Å². The van der Waals surface area contributed by atoms with Gasteiger partial charge in [0.25, 0.3) is 0 Å². The molecule has 0 aliphatic carbocycles. The Morgan fingerprint density at radius 3 is 2.72 bits per heavy atom. The van der Waals surface area contributed by atoms with Crippen molar-refractivity contribution in [2.75, 3.05) is 13.2 Å². The standard InChI is InChI=1S/C16H15Cl2FN2O4/c1-3-24-13(23)6-25-12-4-9(11(19)5-10(12)17)16-14(18)15(8(2)22)20-7-21-16/h4-5,7-8,22H,3,6H2,1-2H3. The van der Waals surface area contributed by atoms with E-state index >= 15 is 0 Å². The van der Waals surface area contributed by atoms with E-state index in [9.17, 15) is 14.3 Å². The third kappa shape index (κ3) is 4.56.